The molecule has 0 aromatic heterocycles. The summed E-state index contributed by atoms with van der Waals surface area (Å²) in [6.07, 6.45) is 2.56. The first-order valence-corrected chi connectivity index (χ1v) is 6.81. The molecular formula is C13H18INO. The van der Waals surface area contributed by atoms with E-state index in [1.54, 1.807) is 0 Å². The van der Waals surface area contributed by atoms with E-state index >= 15 is 0 Å². The molecule has 1 aromatic rings. The highest BCUT2D eigenvalue weighted by molar-refractivity contribution is 14.1. The van der Waals surface area contributed by atoms with Crippen LogP contribution in [0.25, 0.3) is 0 Å². The van der Waals surface area contributed by atoms with E-state index in [-0.39, 0.29) is 0 Å². The Balaban J connectivity index is 2.00. The third kappa shape index (κ3) is 3.18. The highest BCUT2D eigenvalue weighted by Gasteiger charge is 2.30. The summed E-state index contributed by atoms with van der Waals surface area (Å²) in [6.45, 7) is 2.00. The molecule has 0 radical (unpaired) electrons. The van der Waals surface area contributed by atoms with Gasteiger partial charge < -0.3 is 10.0 Å². The van der Waals surface area contributed by atoms with Crippen molar-refractivity contribution in [3.05, 3.63) is 33.4 Å². The first kappa shape index (κ1) is 12.3. The van der Waals surface area contributed by atoms with Gasteiger partial charge in [0.25, 0.3) is 0 Å². The maximum Gasteiger partial charge on any atom is 0.0712 e. The molecule has 0 bridgehead atoms. The lowest BCUT2D eigenvalue weighted by atomic mass is 9.85. The summed E-state index contributed by atoms with van der Waals surface area (Å²) in [4.78, 5) is 2.28. The number of hydrogen-bond donors (Lipinski definition) is 1. The van der Waals surface area contributed by atoms with Crippen LogP contribution in [-0.4, -0.2) is 35.7 Å². The van der Waals surface area contributed by atoms with Crippen LogP contribution in [0.4, 0.5) is 0 Å². The lowest BCUT2D eigenvalue weighted by molar-refractivity contribution is -0.0150. The van der Waals surface area contributed by atoms with Crippen molar-refractivity contribution in [2.24, 2.45) is 0 Å². The molecular weight excluding hydrogens is 313 g/mol. The molecule has 1 heterocycles. The van der Waals surface area contributed by atoms with E-state index < -0.39 is 5.60 Å². The van der Waals surface area contributed by atoms with Gasteiger partial charge in [-0.3, -0.25) is 0 Å². The fourth-order valence-electron chi connectivity index (χ4n) is 2.19. The van der Waals surface area contributed by atoms with E-state index in [1.807, 2.05) is 0 Å². The SMILES string of the molecule is CN1CCC(O)(Cc2ccc(I)cc2)CC1. The van der Waals surface area contributed by atoms with Crippen molar-refractivity contribution in [1.82, 2.24) is 4.90 Å². The Kier molecular flexibility index (Phi) is 3.87. The molecule has 3 heteroatoms. The maximum absolute atomic E-state index is 10.5. The standard InChI is InChI=1S/C13H18INO/c1-15-8-6-13(16,7-9-15)10-11-2-4-12(14)5-3-11/h2-5,16H,6-10H2,1H3. The minimum absolute atomic E-state index is 0.487. The molecule has 16 heavy (non-hydrogen) atoms. The van der Waals surface area contributed by atoms with Gasteiger partial charge in [0.15, 0.2) is 0 Å². The van der Waals surface area contributed by atoms with Crippen LogP contribution in [0.15, 0.2) is 24.3 Å². The van der Waals surface area contributed by atoms with Crippen molar-refractivity contribution < 1.29 is 5.11 Å². The number of benzene rings is 1. The van der Waals surface area contributed by atoms with Crippen molar-refractivity contribution in [3.63, 3.8) is 0 Å². The number of halogens is 1. The molecule has 2 rings (SSSR count). The molecule has 1 saturated heterocycles. The summed E-state index contributed by atoms with van der Waals surface area (Å²) < 4.78 is 1.25. The van der Waals surface area contributed by atoms with E-state index in [9.17, 15) is 5.11 Å². The fourth-order valence-corrected chi connectivity index (χ4v) is 2.55. The largest absolute Gasteiger partial charge is 0.389 e. The summed E-state index contributed by atoms with van der Waals surface area (Å²) in [7, 11) is 2.12. The van der Waals surface area contributed by atoms with Crippen molar-refractivity contribution in [2.75, 3.05) is 20.1 Å². The molecule has 0 aliphatic carbocycles. The predicted molar refractivity (Wildman–Crippen MR) is 74.5 cm³/mol. The zero-order chi connectivity index (χ0) is 11.6. The molecule has 1 aliphatic rings. The lowest BCUT2D eigenvalue weighted by Crippen LogP contribution is -2.44. The number of hydrogen-bond acceptors (Lipinski definition) is 2. The third-order valence-electron chi connectivity index (χ3n) is 3.36. The average Bonchev–Trinajstić information content (AvgIpc) is 2.27. The number of aliphatic hydroxyl groups is 1. The van der Waals surface area contributed by atoms with Crippen molar-refractivity contribution in [3.8, 4) is 0 Å². The van der Waals surface area contributed by atoms with Gasteiger partial charge in [0, 0.05) is 23.1 Å². The number of rotatable bonds is 2. The summed E-state index contributed by atoms with van der Waals surface area (Å²) in [5, 5.41) is 10.5. The van der Waals surface area contributed by atoms with Crippen molar-refractivity contribution >= 4 is 22.6 Å². The second kappa shape index (κ2) is 5.02. The van der Waals surface area contributed by atoms with Gasteiger partial charge in [-0.2, -0.15) is 0 Å². The van der Waals surface area contributed by atoms with Gasteiger partial charge in [0.05, 0.1) is 5.60 Å². The van der Waals surface area contributed by atoms with E-state index in [2.05, 4.69) is 58.8 Å². The van der Waals surface area contributed by atoms with Gasteiger partial charge in [-0.1, -0.05) is 12.1 Å². The number of nitrogens with zero attached hydrogens (tertiary/aromatic N) is 1. The topological polar surface area (TPSA) is 23.5 Å². The Morgan fingerprint density at radius 3 is 2.38 bits per heavy atom. The van der Waals surface area contributed by atoms with E-state index in [1.165, 1.54) is 9.13 Å². The number of likely N-dealkylation sites (tertiary alicyclic amines) is 1. The van der Waals surface area contributed by atoms with E-state index in [4.69, 9.17) is 0 Å². The first-order chi connectivity index (χ1) is 7.57. The van der Waals surface area contributed by atoms with E-state index in [0.29, 0.717) is 0 Å². The lowest BCUT2D eigenvalue weighted by Gasteiger charge is -2.36. The van der Waals surface area contributed by atoms with Gasteiger partial charge in [-0.25, -0.2) is 0 Å². The fraction of sp³-hybridized carbons (Fsp3) is 0.538. The van der Waals surface area contributed by atoms with Crippen LogP contribution in [0, 0.1) is 3.57 Å². The Morgan fingerprint density at radius 1 is 1.25 bits per heavy atom. The Labute approximate surface area is 111 Å². The van der Waals surface area contributed by atoms with Crippen LogP contribution in [0.1, 0.15) is 18.4 Å². The summed E-state index contributed by atoms with van der Waals surface area (Å²) in [5.74, 6) is 0. The zero-order valence-corrected chi connectivity index (χ0v) is 11.8. The summed E-state index contributed by atoms with van der Waals surface area (Å²) in [6, 6.07) is 8.46. The van der Waals surface area contributed by atoms with Crippen LogP contribution >= 0.6 is 22.6 Å². The zero-order valence-electron chi connectivity index (χ0n) is 9.62. The van der Waals surface area contributed by atoms with Gasteiger partial charge in [-0.15, -0.1) is 0 Å². The third-order valence-corrected chi connectivity index (χ3v) is 4.08. The highest BCUT2D eigenvalue weighted by atomic mass is 127. The summed E-state index contributed by atoms with van der Waals surface area (Å²) >= 11 is 2.30. The molecule has 0 amide bonds. The normalized spacial score (nSPS) is 20.9. The Bertz CT molecular complexity index is 341. The Hall–Kier alpha value is -0.130. The van der Waals surface area contributed by atoms with Crippen molar-refractivity contribution in [2.45, 2.75) is 24.9 Å². The molecule has 0 spiro atoms. The minimum Gasteiger partial charge on any atom is -0.389 e. The molecule has 1 aromatic carbocycles. The smallest absolute Gasteiger partial charge is 0.0712 e. The van der Waals surface area contributed by atoms with Crippen LogP contribution in [0.3, 0.4) is 0 Å². The van der Waals surface area contributed by atoms with Crippen LogP contribution in [0.5, 0.6) is 0 Å². The van der Waals surface area contributed by atoms with Gasteiger partial charge >= 0.3 is 0 Å². The Morgan fingerprint density at radius 2 is 1.81 bits per heavy atom. The molecule has 1 aliphatic heterocycles. The van der Waals surface area contributed by atoms with Gasteiger partial charge in [0.1, 0.15) is 0 Å². The first-order valence-electron chi connectivity index (χ1n) is 5.73. The maximum atomic E-state index is 10.5. The van der Waals surface area contributed by atoms with E-state index in [0.717, 1.165) is 32.4 Å². The molecule has 1 N–H and O–H groups in total. The van der Waals surface area contributed by atoms with Crippen molar-refractivity contribution in [1.29, 1.82) is 0 Å². The van der Waals surface area contributed by atoms with Gasteiger partial charge in [0.2, 0.25) is 0 Å². The molecule has 0 saturated carbocycles. The second-order valence-electron chi connectivity index (χ2n) is 4.83. The van der Waals surface area contributed by atoms with Crippen LogP contribution in [-0.2, 0) is 6.42 Å². The monoisotopic (exact) mass is 331 g/mol. The highest BCUT2D eigenvalue weighted by Crippen LogP contribution is 2.25. The molecule has 1 fully saturated rings. The summed E-state index contributed by atoms with van der Waals surface area (Å²) in [5.41, 5.74) is 0.756. The minimum atomic E-state index is -0.487. The quantitative estimate of drug-likeness (QED) is 0.841. The molecule has 0 unspecified atom stereocenters. The second-order valence-corrected chi connectivity index (χ2v) is 6.08. The molecule has 0 atom stereocenters. The van der Waals surface area contributed by atoms with Crippen LogP contribution < -0.4 is 0 Å². The number of piperidine rings is 1. The predicted octanol–water partition coefficient (Wildman–Crippen LogP) is 2.29. The van der Waals surface area contributed by atoms with Gasteiger partial charge in [-0.05, 0) is 60.2 Å². The van der Waals surface area contributed by atoms with Crippen LogP contribution in [0.2, 0.25) is 0 Å². The molecule has 88 valence electrons. The molecule has 2 nitrogen and oxygen atoms in total. The average molecular weight is 331 g/mol.